The normalized spacial score (nSPS) is 14.7. The molecule has 4 heterocycles. The number of thiazole rings is 1. The fourth-order valence-electron chi connectivity index (χ4n) is 3.98. The number of hydrogen-bond donors (Lipinski definition) is 3. The molecule has 0 amide bonds. The van der Waals surface area contributed by atoms with E-state index in [4.69, 9.17) is 14.6 Å². The van der Waals surface area contributed by atoms with Gasteiger partial charge >= 0.3 is 5.97 Å². The molecule has 2 aromatic heterocycles. The Morgan fingerprint density at radius 1 is 1.17 bits per heavy atom. The highest BCUT2D eigenvalue weighted by Crippen LogP contribution is 2.39. The van der Waals surface area contributed by atoms with Gasteiger partial charge in [-0.3, -0.25) is 0 Å². The number of carboxylic acids is 1. The number of morpholine rings is 1. The molecule has 3 aromatic rings. The second-order valence-electron chi connectivity index (χ2n) is 8.74. The number of nitrogens with zero attached hydrogens (tertiary/aromatic N) is 3. The number of fused-ring (bicyclic) bond motifs is 3. The van der Waals surface area contributed by atoms with E-state index in [0.717, 1.165) is 59.4 Å². The molecule has 5 rings (SSSR count). The summed E-state index contributed by atoms with van der Waals surface area (Å²) in [6, 6.07) is 10.5. The Bertz CT molecular complexity index is 1160. The molecular formula is C26H32N4O5S. The summed E-state index contributed by atoms with van der Waals surface area (Å²) in [7, 11) is 0. The molecule has 1 aromatic carbocycles. The maximum Gasteiger partial charge on any atom is 0.365 e. The topological polar surface area (TPSA) is 117 Å². The lowest BCUT2D eigenvalue weighted by Gasteiger charge is -2.27. The highest BCUT2D eigenvalue weighted by atomic mass is 32.1. The van der Waals surface area contributed by atoms with Crippen molar-refractivity contribution in [2.24, 2.45) is 0 Å². The Kier molecular flexibility index (Phi) is 8.87. The minimum Gasteiger partial charge on any atom is -0.492 e. The largest absolute Gasteiger partial charge is 0.492 e. The summed E-state index contributed by atoms with van der Waals surface area (Å²) < 4.78 is 11.3. The van der Waals surface area contributed by atoms with Crippen LogP contribution in [0.3, 0.4) is 0 Å². The SMILES string of the molecule is CC(C)NCCO.O=C(O)c1nc2c(s1)CCOc1cc(-c3ccc(N4CCOCC4)nc3)ccc1-2. The van der Waals surface area contributed by atoms with Crippen LogP contribution >= 0.6 is 11.3 Å². The van der Waals surface area contributed by atoms with E-state index in [9.17, 15) is 9.90 Å². The smallest absolute Gasteiger partial charge is 0.365 e. The van der Waals surface area contributed by atoms with E-state index in [2.05, 4.69) is 40.1 Å². The number of benzene rings is 1. The summed E-state index contributed by atoms with van der Waals surface area (Å²) in [5.74, 6) is 0.686. The van der Waals surface area contributed by atoms with Crippen molar-refractivity contribution in [3.63, 3.8) is 0 Å². The molecule has 36 heavy (non-hydrogen) atoms. The minimum atomic E-state index is -0.992. The van der Waals surface area contributed by atoms with Crippen molar-refractivity contribution < 1.29 is 24.5 Å². The van der Waals surface area contributed by atoms with Crippen molar-refractivity contribution in [1.82, 2.24) is 15.3 Å². The van der Waals surface area contributed by atoms with Crippen LogP contribution in [-0.4, -0.2) is 78.3 Å². The molecule has 0 atom stereocenters. The quantitative estimate of drug-likeness (QED) is 0.457. The third kappa shape index (κ3) is 6.38. The van der Waals surface area contributed by atoms with E-state index in [-0.39, 0.29) is 11.6 Å². The third-order valence-electron chi connectivity index (χ3n) is 5.78. The molecule has 1 saturated heterocycles. The number of rotatable bonds is 6. The number of carbonyl (C=O) groups is 1. The lowest BCUT2D eigenvalue weighted by atomic mass is 10.0. The van der Waals surface area contributed by atoms with E-state index in [1.54, 1.807) is 0 Å². The summed E-state index contributed by atoms with van der Waals surface area (Å²) in [6.45, 7) is 8.71. The van der Waals surface area contributed by atoms with Crippen LogP contribution < -0.4 is 15.0 Å². The van der Waals surface area contributed by atoms with Gasteiger partial charge in [-0.25, -0.2) is 14.8 Å². The van der Waals surface area contributed by atoms with Crippen molar-refractivity contribution in [3.8, 4) is 28.1 Å². The van der Waals surface area contributed by atoms with E-state index in [1.165, 1.54) is 11.3 Å². The maximum absolute atomic E-state index is 11.3. The summed E-state index contributed by atoms with van der Waals surface area (Å²) in [6.07, 6.45) is 2.53. The van der Waals surface area contributed by atoms with Crippen molar-refractivity contribution >= 4 is 23.1 Å². The predicted octanol–water partition coefficient (Wildman–Crippen LogP) is 3.32. The number of aliphatic hydroxyl groups excluding tert-OH is 1. The first kappa shape index (κ1) is 26.0. The van der Waals surface area contributed by atoms with Gasteiger partial charge in [-0.2, -0.15) is 0 Å². The molecular weight excluding hydrogens is 480 g/mol. The number of aliphatic hydroxyl groups is 1. The van der Waals surface area contributed by atoms with E-state index in [0.29, 0.717) is 31.3 Å². The standard InChI is InChI=1S/C21H19N3O4S.C5H13NO/c25-21(26)20-23-19-15-3-1-13(11-16(15)28-8-5-17(19)29-20)14-2-4-18(22-12-14)24-6-9-27-10-7-24;1-5(2)6-3-4-7/h1-4,11-12H,5-10H2,(H,25,26);5-7H,3-4H2,1-2H3. The number of anilines is 1. The molecule has 0 radical (unpaired) electrons. The lowest BCUT2D eigenvalue weighted by molar-refractivity contribution is 0.0696. The molecule has 1 fully saturated rings. The monoisotopic (exact) mass is 512 g/mol. The highest BCUT2D eigenvalue weighted by molar-refractivity contribution is 7.14. The Morgan fingerprint density at radius 2 is 1.94 bits per heavy atom. The maximum atomic E-state index is 11.3. The summed E-state index contributed by atoms with van der Waals surface area (Å²) in [5.41, 5.74) is 3.56. The Hall–Kier alpha value is -3.05. The molecule has 0 saturated carbocycles. The third-order valence-corrected chi connectivity index (χ3v) is 6.89. The average molecular weight is 513 g/mol. The molecule has 192 valence electrons. The number of aromatic nitrogens is 2. The van der Waals surface area contributed by atoms with Gasteiger partial charge in [0, 0.05) is 54.3 Å². The molecule has 0 bridgehead atoms. The first-order valence-electron chi connectivity index (χ1n) is 12.1. The average Bonchev–Trinajstić information content (AvgIpc) is 3.25. The van der Waals surface area contributed by atoms with Gasteiger partial charge in [-0.1, -0.05) is 19.9 Å². The van der Waals surface area contributed by atoms with Gasteiger partial charge in [0.1, 0.15) is 11.6 Å². The van der Waals surface area contributed by atoms with E-state index >= 15 is 0 Å². The van der Waals surface area contributed by atoms with E-state index in [1.807, 2.05) is 30.5 Å². The molecule has 0 spiro atoms. The highest BCUT2D eigenvalue weighted by Gasteiger charge is 2.23. The van der Waals surface area contributed by atoms with E-state index < -0.39 is 5.97 Å². The van der Waals surface area contributed by atoms with Gasteiger partial charge in [0.05, 0.1) is 32.1 Å². The van der Waals surface area contributed by atoms with Crippen molar-refractivity contribution in [2.45, 2.75) is 26.3 Å². The number of ether oxygens (including phenoxy) is 2. The second-order valence-corrected chi connectivity index (χ2v) is 9.83. The molecule has 10 heteroatoms. The molecule has 9 nitrogen and oxygen atoms in total. The summed E-state index contributed by atoms with van der Waals surface area (Å²) in [4.78, 5) is 23.4. The Morgan fingerprint density at radius 3 is 2.58 bits per heavy atom. The van der Waals surface area contributed by atoms with Crippen LogP contribution in [0.1, 0.15) is 28.5 Å². The van der Waals surface area contributed by atoms with Crippen LogP contribution in [-0.2, 0) is 11.2 Å². The van der Waals surface area contributed by atoms with Crippen LogP contribution in [0.4, 0.5) is 5.82 Å². The van der Waals surface area contributed by atoms with Gasteiger partial charge in [-0.05, 0) is 29.8 Å². The number of pyridine rings is 1. The molecule has 2 aliphatic heterocycles. The Balaban J connectivity index is 0.000000384. The molecule has 2 aliphatic rings. The molecule has 0 unspecified atom stereocenters. The van der Waals surface area contributed by atoms with Crippen molar-refractivity contribution in [3.05, 3.63) is 46.4 Å². The Labute approximate surface area is 214 Å². The lowest BCUT2D eigenvalue weighted by Crippen LogP contribution is -2.36. The van der Waals surface area contributed by atoms with Crippen LogP contribution in [0.25, 0.3) is 22.4 Å². The van der Waals surface area contributed by atoms with Crippen LogP contribution in [0.15, 0.2) is 36.5 Å². The van der Waals surface area contributed by atoms with Gasteiger partial charge < -0.3 is 29.9 Å². The number of aromatic carboxylic acids is 1. The zero-order chi connectivity index (χ0) is 25.5. The minimum absolute atomic E-state index is 0.120. The van der Waals surface area contributed by atoms with Crippen molar-refractivity contribution in [1.29, 1.82) is 0 Å². The van der Waals surface area contributed by atoms with Crippen LogP contribution in [0.5, 0.6) is 5.75 Å². The summed E-state index contributed by atoms with van der Waals surface area (Å²) >= 11 is 1.22. The first-order chi connectivity index (χ1) is 17.5. The molecule has 0 aliphatic carbocycles. The number of carboxylic acid groups (broad SMARTS) is 1. The fourth-order valence-corrected chi connectivity index (χ4v) is 4.88. The zero-order valence-corrected chi connectivity index (χ0v) is 21.4. The van der Waals surface area contributed by atoms with Crippen molar-refractivity contribution in [2.75, 3.05) is 51.0 Å². The van der Waals surface area contributed by atoms with Crippen LogP contribution in [0, 0.1) is 0 Å². The predicted molar refractivity (Wildman–Crippen MR) is 140 cm³/mol. The second kappa shape index (κ2) is 12.3. The van der Waals surface area contributed by atoms with Crippen LogP contribution in [0.2, 0.25) is 0 Å². The van der Waals surface area contributed by atoms with Gasteiger partial charge in [0.25, 0.3) is 0 Å². The first-order valence-corrected chi connectivity index (χ1v) is 12.9. The van der Waals surface area contributed by atoms with Gasteiger partial charge in [0.15, 0.2) is 0 Å². The number of nitrogens with one attached hydrogen (secondary N) is 1. The zero-order valence-electron chi connectivity index (χ0n) is 20.6. The number of hydrogen-bond acceptors (Lipinski definition) is 9. The summed E-state index contributed by atoms with van der Waals surface area (Å²) in [5, 5.41) is 20.7. The van der Waals surface area contributed by atoms with Gasteiger partial charge in [-0.15, -0.1) is 11.3 Å². The molecule has 3 N–H and O–H groups in total. The van der Waals surface area contributed by atoms with Gasteiger partial charge in [0.2, 0.25) is 5.01 Å². The fraction of sp³-hybridized carbons (Fsp3) is 0.423.